The predicted octanol–water partition coefficient (Wildman–Crippen LogP) is 1.63. The summed E-state index contributed by atoms with van der Waals surface area (Å²) in [5, 5.41) is 4.01. The molecule has 0 aliphatic rings. The molecule has 0 bridgehead atoms. The maximum atomic E-state index is 12.4. The Morgan fingerprint density at radius 3 is 2.79 bits per heavy atom. The Labute approximate surface area is 79.5 Å². The van der Waals surface area contributed by atoms with E-state index >= 15 is 0 Å². The van der Waals surface area contributed by atoms with Crippen LogP contribution in [0.15, 0.2) is 28.8 Å². The van der Waals surface area contributed by atoms with Gasteiger partial charge in [-0.1, -0.05) is 17.3 Å². The van der Waals surface area contributed by atoms with Crippen LogP contribution in [0.3, 0.4) is 0 Å². The monoisotopic (exact) mass is 215 g/mol. The average Bonchev–Trinajstić information content (AvgIpc) is 2.47. The summed E-state index contributed by atoms with van der Waals surface area (Å²) >= 11 is 0. The molecule has 0 N–H and O–H groups in total. The van der Waals surface area contributed by atoms with Crippen LogP contribution in [0.2, 0.25) is 0 Å². The van der Waals surface area contributed by atoms with Gasteiger partial charge in [0, 0.05) is 5.39 Å². The lowest BCUT2D eigenvalue weighted by molar-refractivity contribution is 0.447. The Bertz CT molecular complexity index is 561. The number of fused-ring (bicyclic) bond motifs is 1. The summed E-state index contributed by atoms with van der Waals surface area (Å²) in [6.07, 6.45) is 0. The van der Waals surface area contributed by atoms with E-state index in [-0.39, 0.29) is 5.69 Å². The maximum absolute atomic E-state index is 12.4. The molecule has 1 aromatic heterocycles. The van der Waals surface area contributed by atoms with Crippen LogP contribution in [0.1, 0.15) is 5.69 Å². The molecule has 2 rings (SSSR count). The first-order valence-electron chi connectivity index (χ1n) is 3.82. The van der Waals surface area contributed by atoms with Crippen LogP contribution in [-0.2, 0) is 16.0 Å². The van der Waals surface area contributed by atoms with E-state index in [1.807, 2.05) is 0 Å². The first kappa shape index (κ1) is 9.14. The lowest BCUT2D eigenvalue weighted by Gasteiger charge is -1.89. The van der Waals surface area contributed by atoms with Gasteiger partial charge in [0.2, 0.25) is 0 Å². The summed E-state index contributed by atoms with van der Waals surface area (Å²) in [6.45, 7) is 0. The summed E-state index contributed by atoms with van der Waals surface area (Å²) in [6, 6.07) is 6.69. The minimum Gasteiger partial charge on any atom is -0.356 e. The molecule has 14 heavy (non-hydrogen) atoms. The molecule has 0 saturated heterocycles. The molecule has 0 spiro atoms. The molecule has 1 heterocycles. The van der Waals surface area contributed by atoms with E-state index in [2.05, 4.69) is 5.16 Å². The summed E-state index contributed by atoms with van der Waals surface area (Å²) in [7, 11) is -4.56. The molecule has 0 aliphatic heterocycles. The zero-order chi connectivity index (χ0) is 10.2. The molecule has 1 aromatic carbocycles. The van der Waals surface area contributed by atoms with Crippen molar-refractivity contribution in [1.29, 1.82) is 0 Å². The topological polar surface area (TPSA) is 60.2 Å². The van der Waals surface area contributed by atoms with Crippen LogP contribution in [0, 0.1) is 0 Å². The standard InChI is InChI=1S/C8H6FNO3S/c9-14(11,12)5-7-6-3-1-2-4-8(6)13-10-7/h1-4H,5H2. The second-order valence-corrected chi connectivity index (χ2v) is 4.17. The lowest BCUT2D eigenvalue weighted by Crippen LogP contribution is -1.96. The van der Waals surface area contributed by atoms with Gasteiger partial charge < -0.3 is 4.52 Å². The number of halogens is 1. The van der Waals surface area contributed by atoms with Gasteiger partial charge in [0.1, 0.15) is 11.4 Å². The molecule has 2 aromatic rings. The molecule has 0 fully saturated rings. The molecule has 74 valence electrons. The molecule has 0 radical (unpaired) electrons. The highest BCUT2D eigenvalue weighted by molar-refractivity contribution is 7.85. The minimum absolute atomic E-state index is 0.100. The summed E-state index contributed by atoms with van der Waals surface area (Å²) in [5.41, 5.74) is 0.550. The Balaban J connectivity index is 2.54. The van der Waals surface area contributed by atoms with Gasteiger partial charge in [0.05, 0.1) is 0 Å². The van der Waals surface area contributed by atoms with Gasteiger partial charge in [-0.2, -0.15) is 8.42 Å². The number of para-hydroxylation sites is 1. The van der Waals surface area contributed by atoms with E-state index in [4.69, 9.17) is 4.52 Å². The maximum Gasteiger partial charge on any atom is 0.308 e. The third-order valence-electron chi connectivity index (χ3n) is 1.76. The Morgan fingerprint density at radius 2 is 2.07 bits per heavy atom. The second-order valence-electron chi connectivity index (χ2n) is 2.81. The van der Waals surface area contributed by atoms with E-state index in [1.54, 1.807) is 24.3 Å². The van der Waals surface area contributed by atoms with E-state index in [0.29, 0.717) is 11.0 Å². The first-order chi connectivity index (χ1) is 6.56. The van der Waals surface area contributed by atoms with Gasteiger partial charge in [-0.25, -0.2) is 0 Å². The van der Waals surface area contributed by atoms with Crippen molar-refractivity contribution in [2.24, 2.45) is 0 Å². The highest BCUT2D eigenvalue weighted by Gasteiger charge is 2.15. The normalized spacial score (nSPS) is 12.1. The molecular weight excluding hydrogens is 209 g/mol. The van der Waals surface area contributed by atoms with Gasteiger partial charge >= 0.3 is 10.2 Å². The summed E-state index contributed by atoms with van der Waals surface area (Å²) in [4.78, 5) is 0. The fourth-order valence-electron chi connectivity index (χ4n) is 1.21. The SMILES string of the molecule is O=S(=O)(F)Cc1noc2ccccc12. The number of nitrogens with zero attached hydrogens (tertiary/aromatic N) is 1. The first-order valence-corrected chi connectivity index (χ1v) is 5.37. The predicted molar refractivity (Wildman–Crippen MR) is 47.7 cm³/mol. The summed E-state index contributed by atoms with van der Waals surface area (Å²) in [5.74, 6) is -0.746. The van der Waals surface area contributed by atoms with Crippen molar-refractivity contribution in [2.45, 2.75) is 5.75 Å². The van der Waals surface area contributed by atoms with Crippen LogP contribution >= 0.6 is 0 Å². The highest BCUT2D eigenvalue weighted by Crippen LogP contribution is 2.19. The Kier molecular flexibility index (Phi) is 1.99. The van der Waals surface area contributed by atoms with Crippen molar-refractivity contribution >= 4 is 21.2 Å². The van der Waals surface area contributed by atoms with E-state index in [0.717, 1.165) is 0 Å². The van der Waals surface area contributed by atoms with Crippen LogP contribution in [0.5, 0.6) is 0 Å². The molecule has 0 atom stereocenters. The van der Waals surface area contributed by atoms with Crippen LogP contribution in [-0.4, -0.2) is 13.6 Å². The van der Waals surface area contributed by atoms with Crippen LogP contribution < -0.4 is 0 Å². The smallest absolute Gasteiger partial charge is 0.308 e. The fourth-order valence-corrected chi connectivity index (χ4v) is 1.74. The third-order valence-corrected chi connectivity index (χ3v) is 2.38. The van der Waals surface area contributed by atoms with Gasteiger partial charge in [0.15, 0.2) is 5.58 Å². The van der Waals surface area contributed by atoms with Crippen molar-refractivity contribution in [3.05, 3.63) is 30.0 Å². The molecule has 0 unspecified atom stereocenters. The van der Waals surface area contributed by atoms with Gasteiger partial charge in [-0.3, -0.25) is 0 Å². The van der Waals surface area contributed by atoms with Crippen molar-refractivity contribution < 1.29 is 16.8 Å². The second kappa shape index (κ2) is 3.06. The largest absolute Gasteiger partial charge is 0.356 e. The van der Waals surface area contributed by atoms with Gasteiger partial charge in [-0.15, -0.1) is 3.89 Å². The summed E-state index contributed by atoms with van der Waals surface area (Å²) < 4.78 is 38.0. The van der Waals surface area contributed by atoms with Gasteiger partial charge in [-0.05, 0) is 12.1 Å². The number of hydrogen-bond acceptors (Lipinski definition) is 4. The van der Waals surface area contributed by atoms with Crippen LogP contribution in [0.4, 0.5) is 3.89 Å². The Morgan fingerprint density at radius 1 is 1.36 bits per heavy atom. The third kappa shape index (κ3) is 1.74. The minimum atomic E-state index is -4.56. The quantitative estimate of drug-likeness (QED) is 0.714. The molecular formula is C8H6FNO3S. The van der Waals surface area contributed by atoms with E-state index in [9.17, 15) is 12.3 Å². The molecule has 0 saturated carbocycles. The number of rotatable bonds is 2. The highest BCUT2D eigenvalue weighted by atomic mass is 32.3. The van der Waals surface area contributed by atoms with Crippen molar-refractivity contribution in [2.75, 3.05) is 0 Å². The lowest BCUT2D eigenvalue weighted by atomic mass is 10.2. The van der Waals surface area contributed by atoms with E-state index in [1.165, 1.54) is 0 Å². The van der Waals surface area contributed by atoms with Crippen molar-refractivity contribution in [3.8, 4) is 0 Å². The molecule has 0 aliphatic carbocycles. The van der Waals surface area contributed by atoms with Crippen molar-refractivity contribution in [3.63, 3.8) is 0 Å². The zero-order valence-electron chi connectivity index (χ0n) is 6.97. The molecule has 0 amide bonds. The molecule has 6 heteroatoms. The number of hydrogen-bond donors (Lipinski definition) is 0. The Hall–Kier alpha value is -1.43. The average molecular weight is 215 g/mol. The van der Waals surface area contributed by atoms with Gasteiger partial charge in [0.25, 0.3) is 0 Å². The van der Waals surface area contributed by atoms with Crippen LogP contribution in [0.25, 0.3) is 11.0 Å². The number of benzene rings is 1. The number of aromatic nitrogens is 1. The zero-order valence-corrected chi connectivity index (χ0v) is 7.79. The molecule has 4 nitrogen and oxygen atoms in total. The fraction of sp³-hybridized carbons (Fsp3) is 0.125. The van der Waals surface area contributed by atoms with Crippen molar-refractivity contribution in [1.82, 2.24) is 5.16 Å². The van der Waals surface area contributed by atoms with E-state index < -0.39 is 16.0 Å².